The Morgan fingerprint density at radius 1 is 1.13 bits per heavy atom. The van der Waals surface area contributed by atoms with Gasteiger partial charge in [0.2, 0.25) is 0 Å². The van der Waals surface area contributed by atoms with Gasteiger partial charge in [0, 0.05) is 59.6 Å². The lowest BCUT2D eigenvalue weighted by atomic mass is 9.92. The molecule has 2 aromatic heterocycles. The number of aromatic nitrogens is 2. The number of hydrogen-bond acceptors (Lipinski definition) is 3. The number of pyridine rings is 1. The van der Waals surface area contributed by atoms with Gasteiger partial charge in [0.05, 0.1) is 0 Å². The van der Waals surface area contributed by atoms with Crippen LogP contribution in [0, 0.1) is 0 Å². The number of carbonyl (C=O) groups is 1. The van der Waals surface area contributed by atoms with E-state index in [9.17, 15) is 4.79 Å². The summed E-state index contributed by atoms with van der Waals surface area (Å²) in [5, 5.41) is 7.16. The molecule has 4 rings (SSSR count). The average molecular weight is 417 g/mol. The molecular weight excluding hydrogens is 392 g/mol. The first-order valence-electron chi connectivity index (χ1n) is 9.78. The first-order chi connectivity index (χ1) is 14.7. The van der Waals surface area contributed by atoms with Crippen LogP contribution in [-0.4, -0.2) is 28.4 Å². The molecule has 0 saturated heterocycles. The van der Waals surface area contributed by atoms with Gasteiger partial charge >= 0.3 is 6.03 Å². The summed E-state index contributed by atoms with van der Waals surface area (Å²) in [6.45, 7) is 0.466. The quantitative estimate of drug-likeness (QED) is 0.422. The van der Waals surface area contributed by atoms with Crippen LogP contribution in [0.15, 0.2) is 84.1 Å². The highest BCUT2D eigenvalue weighted by atomic mass is 32.2. The van der Waals surface area contributed by atoms with Crippen LogP contribution in [0.3, 0.4) is 0 Å². The van der Waals surface area contributed by atoms with Gasteiger partial charge in [0.25, 0.3) is 0 Å². The van der Waals surface area contributed by atoms with Gasteiger partial charge in [-0.3, -0.25) is 4.98 Å². The lowest BCUT2D eigenvalue weighted by Gasteiger charge is -2.18. The Morgan fingerprint density at radius 2 is 2.00 bits per heavy atom. The maximum atomic E-state index is 12.6. The van der Waals surface area contributed by atoms with Gasteiger partial charge < -0.3 is 15.2 Å². The molecule has 2 amide bonds. The number of carbonyl (C=O) groups excluding carboxylic acids is 1. The van der Waals surface area contributed by atoms with Gasteiger partial charge in [-0.05, 0) is 47.7 Å². The smallest absolute Gasteiger partial charge is 0.319 e. The van der Waals surface area contributed by atoms with Gasteiger partial charge in [0.1, 0.15) is 0 Å². The normalized spacial score (nSPS) is 11.9. The minimum Gasteiger partial charge on any atom is -0.350 e. The number of urea groups is 1. The number of benzene rings is 2. The van der Waals surface area contributed by atoms with Crippen LogP contribution in [0.1, 0.15) is 17.0 Å². The second-order valence-corrected chi connectivity index (χ2v) is 8.00. The maximum absolute atomic E-state index is 12.6. The van der Waals surface area contributed by atoms with Crippen molar-refractivity contribution in [3.63, 3.8) is 0 Å². The molecule has 5 nitrogen and oxygen atoms in total. The highest BCUT2D eigenvalue weighted by molar-refractivity contribution is 7.98. The van der Waals surface area contributed by atoms with Crippen molar-refractivity contribution in [2.45, 2.75) is 10.8 Å². The third kappa shape index (κ3) is 4.33. The first-order valence-corrected chi connectivity index (χ1v) is 11.0. The van der Waals surface area contributed by atoms with Gasteiger partial charge in [-0.2, -0.15) is 0 Å². The van der Waals surface area contributed by atoms with E-state index in [0.717, 1.165) is 16.1 Å². The Bertz CT molecular complexity index is 1160. The topological polar surface area (TPSA) is 59.0 Å². The summed E-state index contributed by atoms with van der Waals surface area (Å²) in [6, 6.07) is 19.9. The Morgan fingerprint density at radius 3 is 2.80 bits per heavy atom. The van der Waals surface area contributed by atoms with E-state index in [2.05, 4.69) is 44.6 Å². The Kier molecular flexibility index (Phi) is 6.05. The predicted molar refractivity (Wildman–Crippen MR) is 124 cm³/mol. The fourth-order valence-electron chi connectivity index (χ4n) is 3.71. The van der Waals surface area contributed by atoms with E-state index in [1.165, 1.54) is 16.5 Å². The molecule has 4 aromatic rings. The van der Waals surface area contributed by atoms with Gasteiger partial charge in [-0.25, -0.2) is 4.79 Å². The SMILES string of the molecule is CSc1cccc(NC(=O)NC[C@@H](c2cccnc2)c2cn(C)c3ccccc23)c1. The third-order valence-electron chi connectivity index (χ3n) is 5.18. The summed E-state index contributed by atoms with van der Waals surface area (Å²) in [6.07, 6.45) is 7.79. The van der Waals surface area contributed by atoms with Gasteiger partial charge in [-0.1, -0.05) is 30.3 Å². The zero-order chi connectivity index (χ0) is 20.9. The predicted octanol–water partition coefficient (Wildman–Crippen LogP) is 5.25. The number of nitrogens with one attached hydrogen (secondary N) is 2. The number of hydrogen-bond donors (Lipinski definition) is 2. The van der Waals surface area contributed by atoms with Crippen LogP contribution >= 0.6 is 11.8 Å². The summed E-state index contributed by atoms with van der Waals surface area (Å²) >= 11 is 1.65. The number of thioether (sulfide) groups is 1. The zero-order valence-corrected chi connectivity index (χ0v) is 17.8. The first kappa shape index (κ1) is 20.0. The summed E-state index contributed by atoms with van der Waals surface area (Å²) in [5.74, 6) is -0.00641. The van der Waals surface area contributed by atoms with Crippen LogP contribution in [0.4, 0.5) is 10.5 Å². The minimum absolute atomic E-state index is 0.00641. The molecule has 6 heteroatoms. The van der Waals surface area contributed by atoms with E-state index in [0.29, 0.717) is 6.54 Å². The van der Waals surface area contributed by atoms with Crippen molar-refractivity contribution in [2.75, 3.05) is 18.1 Å². The zero-order valence-electron chi connectivity index (χ0n) is 17.0. The van der Waals surface area contributed by atoms with Crippen molar-refractivity contribution in [1.29, 1.82) is 0 Å². The van der Waals surface area contributed by atoms with Crippen molar-refractivity contribution in [1.82, 2.24) is 14.9 Å². The number of para-hydroxylation sites is 1. The molecule has 30 heavy (non-hydrogen) atoms. The van der Waals surface area contributed by atoms with Crippen LogP contribution in [0.5, 0.6) is 0 Å². The molecule has 0 aliphatic rings. The molecule has 0 radical (unpaired) electrons. The highest BCUT2D eigenvalue weighted by Crippen LogP contribution is 2.31. The van der Waals surface area contributed by atoms with E-state index >= 15 is 0 Å². The standard InChI is InChI=1S/C24H24N4OS/c1-28-16-22(20-10-3-4-11-23(20)28)21(17-7-6-12-25-14-17)15-26-24(29)27-18-8-5-9-19(13-18)30-2/h3-14,16,21H,15H2,1-2H3,(H2,26,27,29)/t21-/m0/s1. The minimum atomic E-state index is -0.220. The Labute approximate surface area is 180 Å². The van der Waals surface area contributed by atoms with Crippen molar-refractivity contribution in [3.8, 4) is 0 Å². The van der Waals surface area contributed by atoms with Crippen molar-refractivity contribution >= 4 is 34.4 Å². The maximum Gasteiger partial charge on any atom is 0.319 e. The molecule has 2 aromatic carbocycles. The van der Waals surface area contributed by atoms with Gasteiger partial charge in [0.15, 0.2) is 0 Å². The Balaban J connectivity index is 1.57. The highest BCUT2D eigenvalue weighted by Gasteiger charge is 2.20. The molecule has 1 atom stereocenters. The number of amides is 2. The molecule has 0 unspecified atom stereocenters. The molecule has 152 valence electrons. The number of anilines is 1. The largest absolute Gasteiger partial charge is 0.350 e. The summed E-state index contributed by atoms with van der Waals surface area (Å²) in [4.78, 5) is 18.0. The van der Waals surface area contributed by atoms with Crippen molar-refractivity contribution < 1.29 is 4.79 Å². The summed E-state index contributed by atoms with van der Waals surface area (Å²) in [5.41, 5.74) is 4.19. The molecule has 0 aliphatic carbocycles. The lowest BCUT2D eigenvalue weighted by molar-refractivity contribution is 0.252. The monoisotopic (exact) mass is 416 g/mol. The van der Waals surface area contributed by atoms with Crippen molar-refractivity contribution in [3.05, 3.63) is 90.4 Å². The van der Waals surface area contributed by atoms with Gasteiger partial charge in [-0.15, -0.1) is 11.8 Å². The molecule has 2 N–H and O–H groups in total. The fraction of sp³-hybridized carbons (Fsp3) is 0.167. The van der Waals surface area contributed by atoms with Crippen LogP contribution in [-0.2, 0) is 7.05 Å². The van der Waals surface area contributed by atoms with E-state index < -0.39 is 0 Å². The third-order valence-corrected chi connectivity index (χ3v) is 5.91. The fourth-order valence-corrected chi connectivity index (χ4v) is 4.17. The number of fused-ring (bicyclic) bond motifs is 1. The van der Waals surface area contributed by atoms with Crippen LogP contribution in [0.2, 0.25) is 0 Å². The van der Waals surface area contributed by atoms with E-state index in [4.69, 9.17) is 0 Å². The number of nitrogens with zero attached hydrogens (tertiary/aromatic N) is 2. The average Bonchev–Trinajstić information content (AvgIpc) is 3.11. The molecule has 0 bridgehead atoms. The molecule has 0 saturated carbocycles. The molecular formula is C24H24N4OS. The van der Waals surface area contributed by atoms with Crippen LogP contribution < -0.4 is 10.6 Å². The number of aryl methyl sites for hydroxylation is 1. The van der Waals surface area contributed by atoms with Crippen LogP contribution in [0.25, 0.3) is 10.9 Å². The second-order valence-electron chi connectivity index (χ2n) is 7.12. The molecule has 0 spiro atoms. The molecule has 0 fully saturated rings. The van der Waals surface area contributed by atoms with Crippen molar-refractivity contribution in [2.24, 2.45) is 7.05 Å². The van der Waals surface area contributed by atoms with E-state index in [1.807, 2.05) is 62.0 Å². The number of rotatable bonds is 6. The Hall–Kier alpha value is -3.25. The van der Waals surface area contributed by atoms with E-state index in [1.54, 1.807) is 18.0 Å². The summed E-state index contributed by atoms with van der Waals surface area (Å²) in [7, 11) is 2.05. The second kappa shape index (κ2) is 9.05. The summed E-state index contributed by atoms with van der Waals surface area (Å²) < 4.78 is 2.13. The lowest BCUT2D eigenvalue weighted by Crippen LogP contribution is -2.32. The van der Waals surface area contributed by atoms with E-state index in [-0.39, 0.29) is 11.9 Å². The molecule has 0 aliphatic heterocycles. The molecule has 2 heterocycles.